The third-order valence-corrected chi connectivity index (χ3v) is 5.58. The molecule has 0 spiro atoms. The zero-order chi connectivity index (χ0) is 22.1. The standard InChI is InChI=1S/C26H33N3O2/c1-3-5-8-13-20-14-12-18-23(22(20)17-9-6-4-2)26(31)27-24-19-25(30)29(28-24)21-15-10-7-11-16-21/h7,10-12,14-16,18-19,28H,3-6,8-9,13,17H2,1-2H3,(H,27,31). The fourth-order valence-electron chi connectivity index (χ4n) is 3.91. The molecule has 5 nitrogen and oxygen atoms in total. The number of aromatic amines is 1. The highest BCUT2D eigenvalue weighted by Crippen LogP contribution is 2.22. The van der Waals surface area contributed by atoms with Crippen LogP contribution in [-0.2, 0) is 12.8 Å². The predicted molar refractivity (Wildman–Crippen MR) is 127 cm³/mol. The van der Waals surface area contributed by atoms with Crippen LogP contribution in [0.5, 0.6) is 0 Å². The summed E-state index contributed by atoms with van der Waals surface area (Å²) in [7, 11) is 0. The maximum absolute atomic E-state index is 13.2. The number of carbonyl (C=O) groups excluding carboxylic acids is 1. The number of rotatable bonds is 11. The summed E-state index contributed by atoms with van der Waals surface area (Å²) in [4.78, 5) is 25.5. The van der Waals surface area contributed by atoms with E-state index >= 15 is 0 Å². The lowest BCUT2D eigenvalue weighted by molar-refractivity contribution is 0.102. The van der Waals surface area contributed by atoms with Gasteiger partial charge in [-0.05, 0) is 55.0 Å². The summed E-state index contributed by atoms with van der Waals surface area (Å²) in [6.45, 7) is 4.39. The van der Waals surface area contributed by atoms with Gasteiger partial charge in [-0.15, -0.1) is 0 Å². The van der Waals surface area contributed by atoms with Crippen LogP contribution in [0.1, 0.15) is 73.9 Å². The van der Waals surface area contributed by atoms with Gasteiger partial charge in [0.15, 0.2) is 0 Å². The van der Waals surface area contributed by atoms with Crippen molar-refractivity contribution in [3.8, 4) is 5.69 Å². The van der Waals surface area contributed by atoms with E-state index < -0.39 is 0 Å². The van der Waals surface area contributed by atoms with Gasteiger partial charge in [-0.1, -0.05) is 69.9 Å². The van der Waals surface area contributed by atoms with Gasteiger partial charge in [-0.3, -0.25) is 14.7 Å². The van der Waals surface area contributed by atoms with E-state index in [1.54, 1.807) is 0 Å². The molecule has 0 aliphatic heterocycles. The number of amides is 1. The molecule has 0 saturated carbocycles. The SMILES string of the molecule is CCCCCc1cccc(C(=O)Nc2cc(=O)n(-c3ccccc3)[nH]2)c1CCCCC. The minimum absolute atomic E-state index is 0.176. The number of hydrogen-bond donors (Lipinski definition) is 2. The Bertz CT molecular complexity index is 1030. The van der Waals surface area contributed by atoms with Crippen LogP contribution in [-0.4, -0.2) is 15.7 Å². The Hall–Kier alpha value is -3.08. The second-order valence-corrected chi connectivity index (χ2v) is 7.99. The van der Waals surface area contributed by atoms with Crippen LogP contribution in [0.3, 0.4) is 0 Å². The molecule has 0 aliphatic carbocycles. The van der Waals surface area contributed by atoms with Crippen molar-refractivity contribution in [2.24, 2.45) is 0 Å². The normalized spacial score (nSPS) is 10.9. The minimum Gasteiger partial charge on any atom is -0.307 e. The van der Waals surface area contributed by atoms with Crippen molar-refractivity contribution in [2.75, 3.05) is 5.32 Å². The van der Waals surface area contributed by atoms with E-state index in [0.29, 0.717) is 11.4 Å². The van der Waals surface area contributed by atoms with Gasteiger partial charge in [0.25, 0.3) is 11.5 Å². The summed E-state index contributed by atoms with van der Waals surface area (Å²) in [6, 6.07) is 16.8. The minimum atomic E-state index is -0.210. The maximum atomic E-state index is 13.2. The van der Waals surface area contributed by atoms with Crippen LogP contribution in [0, 0.1) is 0 Å². The summed E-state index contributed by atoms with van der Waals surface area (Å²) in [5.74, 6) is 0.222. The van der Waals surface area contributed by atoms with Gasteiger partial charge in [0.05, 0.1) is 5.69 Å². The van der Waals surface area contributed by atoms with Crippen LogP contribution >= 0.6 is 0 Å². The van der Waals surface area contributed by atoms with E-state index in [-0.39, 0.29) is 11.5 Å². The Balaban J connectivity index is 1.83. The van der Waals surface area contributed by atoms with Crippen LogP contribution in [0.2, 0.25) is 0 Å². The summed E-state index contributed by atoms with van der Waals surface area (Å²) in [6.07, 6.45) is 8.78. The Labute approximate surface area is 184 Å². The molecule has 5 heteroatoms. The first-order chi connectivity index (χ1) is 15.1. The van der Waals surface area contributed by atoms with Crippen molar-refractivity contribution in [3.63, 3.8) is 0 Å². The van der Waals surface area contributed by atoms with Crippen LogP contribution in [0.4, 0.5) is 5.82 Å². The van der Waals surface area contributed by atoms with E-state index in [1.165, 1.54) is 29.2 Å². The average molecular weight is 420 g/mol. The highest BCUT2D eigenvalue weighted by Gasteiger charge is 2.16. The zero-order valence-corrected chi connectivity index (χ0v) is 18.6. The lowest BCUT2D eigenvalue weighted by atomic mass is 9.92. The Morgan fingerprint density at radius 2 is 1.61 bits per heavy atom. The lowest BCUT2D eigenvalue weighted by Crippen LogP contribution is -2.16. The summed E-state index contributed by atoms with van der Waals surface area (Å²) in [5.41, 5.74) is 3.64. The number of aryl methyl sites for hydroxylation is 1. The molecular weight excluding hydrogens is 386 g/mol. The van der Waals surface area contributed by atoms with Crippen molar-refractivity contribution < 1.29 is 4.79 Å². The number of aromatic nitrogens is 2. The molecule has 3 aromatic rings. The van der Waals surface area contributed by atoms with Crippen molar-refractivity contribution in [1.29, 1.82) is 0 Å². The van der Waals surface area contributed by atoms with E-state index in [0.717, 1.165) is 49.8 Å². The number of hydrogen-bond acceptors (Lipinski definition) is 2. The summed E-state index contributed by atoms with van der Waals surface area (Å²) < 4.78 is 1.43. The topological polar surface area (TPSA) is 66.9 Å². The number of benzene rings is 2. The average Bonchev–Trinajstić information content (AvgIpc) is 3.15. The highest BCUT2D eigenvalue weighted by molar-refractivity contribution is 6.05. The van der Waals surface area contributed by atoms with Crippen molar-refractivity contribution in [2.45, 2.75) is 65.2 Å². The van der Waals surface area contributed by atoms with E-state index in [4.69, 9.17) is 0 Å². The second kappa shape index (κ2) is 11.3. The molecular formula is C26H33N3O2. The first-order valence-corrected chi connectivity index (χ1v) is 11.4. The molecule has 1 aromatic heterocycles. The third kappa shape index (κ3) is 5.97. The fraction of sp³-hybridized carbons (Fsp3) is 0.385. The molecule has 1 amide bonds. The third-order valence-electron chi connectivity index (χ3n) is 5.58. The molecule has 0 atom stereocenters. The molecule has 2 N–H and O–H groups in total. The fourth-order valence-corrected chi connectivity index (χ4v) is 3.91. The van der Waals surface area contributed by atoms with Crippen molar-refractivity contribution in [1.82, 2.24) is 9.78 Å². The first-order valence-electron chi connectivity index (χ1n) is 11.4. The number of carbonyl (C=O) groups is 1. The number of nitrogens with zero attached hydrogens (tertiary/aromatic N) is 1. The zero-order valence-electron chi connectivity index (χ0n) is 18.6. The van der Waals surface area contributed by atoms with Crippen LogP contribution in [0.25, 0.3) is 5.69 Å². The van der Waals surface area contributed by atoms with Gasteiger partial charge in [-0.25, -0.2) is 4.68 Å². The smallest absolute Gasteiger partial charge is 0.273 e. The van der Waals surface area contributed by atoms with Gasteiger partial charge in [-0.2, -0.15) is 0 Å². The van der Waals surface area contributed by atoms with Crippen LogP contribution in [0.15, 0.2) is 59.4 Å². The quantitative estimate of drug-likeness (QED) is 0.381. The number of anilines is 1. The van der Waals surface area contributed by atoms with Crippen molar-refractivity contribution >= 4 is 11.7 Å². The van der Waals surface area contributed by atoms with Gasteiger partial charge in [0, 0.05) is 11.6 Å². The molecule has 0 unspecified atom stereocenters. The molecule has 1 heterocycles. The van der Waals surface area contributed by atoms with E-state index in [9.17, 15) is 9.59 Å². The Morgan fingerprint density at radius 3 is 2.32 bits per heavy atom. The van der Waals surface area contributed by atoms with Gasteiger partial charge >= 0.3 is 0 Å². The number of H-pyrrole nitrogens is 1. The molecule has 2 aromatic carbocycles. The predicted octanol–water partition coefficient (Wildman–Crippen LogP) is 5.88. The molecule has 164 valence electrons. The molecule has 0 fully saturated rings. The molecule has 0 aliphatic rings. The highest BCUT2D eigenvalue weighted by atomic mass is 16.2. The van der Waals surface area contributed by atoms with Gasteiger partial charge in [0.1, 0.15) is 5.82 Å². The Morgan fingerprint density at radius 1 is 0.903 bits per heavy atom. The second-order valence-electron chi connectivity index (χ2n) is 7.99. The number of para-hydroxylation sites is 1. The molecule has 31 heavy (non-hydrogen) atoms. The molecule has 0 saturated heterocycles. The number of nitrogens with one attached hydrogen (secondary N) is 2. The summed E-state index contributed by atoms with van der Waals surface area (Å²) >= 11 is 0. The molecule has 0 bridgehead atoms. The molecule has 0 radical (unpaired) electrons. The lowest BCUT2D eigenvalue weighted by Gasteiger charge is -2.15. The molecule has 3 rings (SSSR count). The maximum Gasteiger partial charge on any atom is 0.273 e. The number of unbranched alkanes of at least 4 members (excludes halogenated alkanes) is 4. The monoisotopic (exact) mass is 419 g/mol. The van der Waals surface area contributed by atoms with E-state index in [1.807, 2.05) is 42.5 Å². The Kier molecular flexibility index (Phi) is 8.27. The van der Waals surface area contributed by atoms with Gasteiger partial charge < -0.3 is 5.32 Å². The first kappa shape index (κ1) is 22.6. The van der Waals surface area contributed by atoms with Gasteiger partial charge in [0.2, 0.25) is 0 Å². The largest absolute Gasteiger partial charge is 0.307 e. The van der Waals surface area contributed by atoms with Crippen LogP contribution < -0.4 is 10.9 Å². The summed E-state index contributed by atoms with van der Waals surface area (Å²) in [5, 5.41) is 5.90. The van der Waals surface area contributed by atoms with Crippen molar-refractivity contribution in [3.05, 3.63) is 81.6 Å². The van der Waals surface area contributed by atoms with E-state index in [2.05, 4.69) is 30.3 Å².